The lowest BCUT2D eigenvalue weighted by Crippen LogP contribution is -2.56. The van der Waals surface area contributed by atoms with E-state index in [1.807, 2.05) is 18.0 Å². The molecule has 3 fully saturated rings. The number of hydrogen-bond acceptors (Lipinski definition) is 7. The highest BCUT2D eigenvalue weighted by atomic mass is 16.5. The summed E-state index contributed by atoms with van der Waals surface area (Å²) in [5, 5.41) is 0. The molecule has 0 radical (unpaired) electrons. The maximum atomic E-state index is 12.0. The van der Waals surface area contributed by atoms with Gasteiger partial charge in [-0.2, -0.15) is 0 Å². The molecule has 4 heterocycles. The number of likely N-dealkylation sites (N-methyl/N-ethyl adjacent to an activating group) is 1. The van der Waals surface area contributed by atoms with Crippen LogP contribution in [-0.2, 0) is 14.3 Å². The van der Waals surface area contributed by atoms with Crippen molar-refractivity contribution in [3.8, 4) is 0 Å². The smallest absolute Gasteiger partial charge is 0.241 e. The quantitative estimate of drug-likeness (QED) is 0.754. The summed E-state index contributed by atoms with van der Waals surface area (Å²) in [6.45, 7) is 5.61. The second kappa shape index (κ2) is 6.76. The minimum absolute atomic E-state index is 0.121. The zero-order chi connectivity index (χ0) is 17.3. The Bertz CT molecular complexity index is 629. The molecule has 1 unspecified atom stereocenters. The highest BCUT2D eigenvalue weighted by molar-refractivity contribution is 5.82. The third kappa shape index (κ3) is 3.41. The van der Waals surface area contributed by atoms with Gasteiger partial charge in [0.15, 0.2) is 0 Å². The van der Waals surface area contributed by atoms with E-state index >= 15 is 0 Å². The maximum absolute atomic E-state index is 12.0. The van der Waals surface area contributed by atoms with Gasteiger partial charge >= 0.3 is 0 Å². The second-order valence-electron chi connectivity index (χ2n) is 7.08. The molecule has 1 aromatic heterocycles. The second-order valence-corrected chi connectivity index (χ2v) is 7.08. The van der Waals surface area contributed by atoms with Crippen LogP contribution in [0.5, 0.6) is 0 Å². The predicted octanol–water partition coefficient (Wildman–Crippen LogP) is 0.141. The number of carbonyl (C=O) groups is 1. The third-order valence-corrected chi connectivity index (χ3v) is 5.28. The molecule has 8 nitrogen and oxygen atoms in total. The van der Waals surface area contributed by atoms with Gasteiger partial charge in [-0.1, -0.05) is 0 Å². The molecule has 136 valence electrons. The molecule has 0 bridgehead atoms. The lowest BCUT2D eigenvalue weighted by atomic mass is 9.94. The number of anilines is 2. The molecule has 0 aliphatic carbocycles. The third-order valence-electron chi connectivity index (χ3n) is 5.28. The molecular weight excluding hydrogens is 322 g/mol. The van der Waals surface area contributed by atoms with Crippen LogP contribution in [0.15, 0.2) is 12.4 Å². The van der Waals surface area contributed by atoms with Gasteiger partial charge < -0.3 is 24.2 Å². The number of hydrogen-bond donors (Lipinski definition) is 0. The summed E-state index contributed by atoms with van der Waals surface area (Å²) in [6.07, 6.45) is 3.65. The van der Waals surface area contributed by atoms with Crippen molar-refractivity contribution in [1.82, 2.24) is 14.9 Å². The summed E-state index contributed by atoms with van der Waals surface area (Å²) in [5.74, 6) is 1.83. The van der Waals surface area contributed by atoms with E-state index in [-0.39, 0.29) is 11.5 Å². The number of nitrogens with zero attached hydrogens (tertiary/aromatic N) is 5. The van der Waals surface area contributed by atoms with Gasteiger partial charge in [-0.05, 0) is 12.8 Å². The Morgan fingerprint density at radius 2 is 1.96 bits per heavy atom. The van der Waals surface area contributed by atoms with E-state index in [9.17, 15) is 4.79 Å². The number of rotatable bonds is 2. The average molecular weight is 347 g/mol. The molecule has 0 N–H and O–H groups in total. The van der Waals surface area contributed by atoms with E-state index in [1.54, 1.807) is 11.2 Å². The Labute approximate surface area is 147 Å². The molecule has 1 atom stereocenters. The maximum Gasteiger partial charge on any atom is 0.241 e. The van der Waals surface area contributed by atoms with E-state index in [4.69, 9.17) is 9.47 Å². The van der Waals surface area contributed by atoms with Crippen molar-refractivity contribution in [3.05, 3.63) is 12.4 Å². The fourth-order valence-electron chi connectivity index (χ4n) is 3.74. The van der Waals surface area contributed by atoms with Crippen LogP contribution < -0.4 is 9.80 Å². The van der Waals surface area contributed by atoms with Gasteiger partial charge in [-0.25, -0.2) is 9.97 Å². The van der Waals surface area contributed by atoms with Gasteiger partial charge in [0.05, 0.1) is 26.3 Å². The molecule has 3 saturated heterocycles. The van der Waals surface area contributed by atoms with Gasteiger partial charge in [0.25, 0.3) is 0 Å². The molecule has 8 heteroatoms. The molecule has 4 rings (SSSR count). The van der Waals surface area contributed by atoms with Crippen LogP contribution in [0.3, 0.4) is 0 Å². The number of carbonyl (C=O) groups excluding carboxylic acids is 1. The van der Waals surface area contributed by atoms with Crippen LogP contribution in [-0.4, -0.2) is 86.0 Å². The van der Waals surface area contributed by atoms with Crippen molar-refractivity contribution in [1.29, 1.82) is 0 Å². The van der Waals surface area contributed by atoms with Gasteiger partial charge in [-0.15, -0.1) is 0 Å². The standard InChI is InChI=1S/C17H25N5O3/c1-20-4-5-21(10-16(20)23)14-9-15(19-13-18-14)22-6-8-25-17(11-22)3-2-7-24-12-17/h9,13H,2-8,10-12H2,1H3. The number of ether oxygens (including phenoxy) is 2. The van der Waals surface area contributed by atoms with E-state index in [2.05, 4.69) is 14.9 Å². The Morgan fingerprint density at radius 1 is 1.12 bits per heavy atom. The molecule has 1 amide bonds. The van der Waals surface area contributed by atoms with Crippen molar-refractivity contribution >= 4 is 17.5 Å². The van der Waals surface area contributed by atoms with E-state index in [0.717, 1.165) is 57.3 Å². The Hall–Kier alpha value is -1.93. The van der Waals surface area contributed by atoms with Gasteiger partial charge in [-0.3, -0.25) is 4.79 Å². The monoisotopic (exact) mass is 347 g/mol. The average Bonchev–Trinajstić information content (AvgIpc) is 2.65. The minimum atomic E-state index is -0.217. The SMILES string of the molecule is CN1CCN(c2cc(N3CCOC4(CCCOC4)C3)ncn2)CC1=O. The summed E-state index contributed by atoms with van der Waals surface area (Å²) in [5.41, 5.74) is -0.217. The van der Waals surface area contributed by atoms with E-state index in [0.29, 0.717) is 19.8 Å². The minimum Gasteiger partial charge on any atom is -0.378 e. The Kier molecular flexibility index (Phi) is 4.47. The first-order valence-electron chi connectivity index (χ1n) is 8.93. The zero-order valence-corrected chi connectivity index (χ0v) is 14.7. The van der Waals surface area contributed by atoms with Crippen molar-refractivity contribution in [2.45, 2.75) is 18.4 Å². The Morgan fingerprint density at radius 3 is 2.72 bits per heavy atom. The number of aromatic nitrogens is 2. The van der Waals surface area contributed by atoms with Crippen molar-refractivity contribution in [2.24, 2.45) is 0 Å². The van der Waals surface area contributed by atoms with Gasteiger partial charge in [0.1, 0.15) is 23.6 Å². The fourth-order valence-corrected chi connectivity index (χ4v) is 3.74. The van der Waals surface area contributed by atoms with Crippen LogP contribution in [0.4, 0.5) is 11.6 Å². The molecule has 1 aromatic rings. The molecule has 3 aliphatic heterocycles. The van der Waals surface area contributed by atoms with Crippen molar-refractivity contribution in [2.75, 3.05) is 69.4 Å². The molecule has 3 aliphatic rings. The van der Waals surface area contributed by atoms with Crippen LogP contribution in [0.2, 0.25) is 0 Å². The lowest BCUT2D eigenvalue weighted by molar-refractivity contribution is -0.133. The van der Waals surface area contributed by atoms with Crippen molar-refractivity contribution < 1.29 is 14.3 Å². The summed E-state index contributed by atoms with van der Waals surface area (Å²) in [7, 11) is 1.84. The van der Waals surface area contributed by atoms with Gasteiger partial charge in [0.2, 0.25) is 5.91 Å². The summed E-state index contributed by atoms with van der Waals surface area (Å²) in [6, 6.07) is 1.99. The number of piperazine rings is 1. The summed E-state index contributed by atoms with van der Waals surface area (Å²) in [4.78, 5) is 26.8. The lowest BCUT2D eigenvalue weighted by Gasteiger charge is -2.45. The zero-order valence-electron chi connectivity index (χ0n) is 14.7. The van der Waals surface area contributed by atoms with Crippen LogP contribution in [0.25, 0.3) is 0 Å². The van der Waals surface area contributed by atoms with Crippen LogP contribution in [0.1, 0.15) is 12.8 Å². The Balaban J connectivity index is 1.50. The van der Waals surface area contributed by atoms with Crippen LogP contribution >= 0.6 is 0 Å². The number of morpholine rings is 1. The van der Waals surface area contributed by atoms with E-state index < -0.39 is 0 Å². The topological polar surface area (TPSA) is 71.0 Å². The molecule has 0 aromatic carbocycles. The van der Waals surface area contributed by atoms with Crippen molar-refractivity contribution in [3.63, 3.8) is 0 Å². The van der Waals surface area contributed by atoms with Gasteiger partial charge in [0, 0.05) is 39.4 Å². The molecule has 25 heavy (non-hydrogen) atoms. The first-order chi connectivity index (χ1) is 12.2. The first-order valence-corrected chi connectivity index (χ1v) is 8.93. The summed E-state index contributed by atoms with van der Waals surface area (Å²) < 4.78 is 11.7. The largest absolute Gasteiger partial charge is 0.378 e. The number of amides is 1. The fraction of sp³-hybridized carbons (Fsp3) is 0.706. The summed E-state index contributed by atoms with van der Waals surface area (Å²) >= 11 is 0. The molecule has 0 saturated carbocycles. The normalized spacial score (nSPS) is 27.9. The predicted molar refractivity (Wildman–Crippen MR) is 92.8 cm³/mol. The first kappa shape index (κ1) is 16.5. The molecule has 1 spiro atoms. The highest BCUT2D eigenvalue weighted by Crippen LogP contribution is 2.30. The van der Waals surface area contributed by atoms with Crippen LogP contribution in [0, 0.1) is 0 Å². The molecular formula is C17H25N5O3. The van der Waals surface area contributed by atoms with E-state index in [1.165, 1.54) is 0 Å². The highest BCUT2D eigenvalue weighted by Gasteiger charge is 2.39.